The Balaban J connectivity index is 0.000000730. The topological polar surface area (TPSA) is 70.1 Å². The molecule has 1 heterocycles. The molecular formula is C20H25N3O2. The normalized spacial score (nSPS) is 9.16. The number of aryl methyl sites for hydroxylation is 1. The van der Waals surface area contributed by atoms with Crippen molar-refractivity contribution in [2.75, 3.05) is 7.05 Å². The first-order valence-corrected chi connectivity index (χ1v) is 8.18. The van der Waals surface area contributed by atoms with Gasteiger partial charge in [0.25, 0.3) is 0 Å². The Kier molecular flexibility index (Phi) is 8.68. The monoisotopic (exact) mass is 339 g/mol. The van der Waals surface area contributed by atoms with Gasteiger partial charge in [-0.3, -0.25) is 4.79 Å². The molecule has 2 N–H and O–H groups in total. The van der Waals surface area contributed by atoms with Crippen LogP contribution in [0.2, 0.25) is 0 Å². The van der Waals surface area contributed by atoms with Crippen molar-refractivity contribution in [3.8, 4) is 22.8 Å². The molecule has 5 heteroatoms. The van der Waals surface area contributed by atoms with Crippen molar-refractivity contribution < 1.29 is 9.53 Å². The molecule has 0 radical (unpaired) electrons. The van der Waals surface area contributed by atoms with Crippen LogP contribution in [0.25, 0.3) is 11.3 Å². The Morgan fingerprint density at radius 2 is 1.68 bits per heavy atom. The molecule has 0 atom stereocenters. The summed E-state index contributed by atoms with van der Waals surface area (Å²) in [5.74, 6) is 1.58. The van der Waals surface area contributed by atoms with Gasteiger partial charge in [-0.05, 0) is 62.0 Å². The Morgan fingerprint density at radius 1 is 1.00 bits per heavy atom. The van der Waals surface area contributed by atoms with Crippen LogP contribution >= 0.6 is 0 Å². The second kappa shape index (κ2) is 10.8. The highest BCUT2D eigenvalue weighted by molar-refractivity contribution is 5.62. The van der Waals surface area contributed by atoms with Crippen LogP contribution in [0.5, 0.6) is 11.5 Å². The molecule has 0 aliphatic heterocycles. The number of aromatic nitrogens is 2. The van der Waals surface area contributed by atoms with E-state index >= 15 is 0 Å². The maximum absolute atomic E-state index is 10.6. The summed E-state index contributed by atoms with van der Waals surface area (Å²) in [6.45, 7) is 6.03. The lowest BCUT2D eigenvalue weighted by Crippen LogP contribution is -1.94. The predicted molar refractivity (Wildman–Crippen MR) is 103 cm³/mol. The van der Waals surface area contributed by atoms with Gasteiger partial charge in [0.05, 0.1) is 5.69 Å². The van der Waals surface area contributed by atoms with Crippen LogP contribution in [0.4, 0.5) is 0 Å². The van der Waals surface area contributed by atoms with E-state index in [9.17, 15) is 4.79 Å². The molecule has 0 fully saturated rings. The van der Waals surface area contributed by atoms with E-state index in [-0.39, 0.29) is 0 Å². The first-order valence-electron chi connectivity index (χ1n) is 8.18. The molecule has 3 aromatic rings. The number of benzene rings is 2. The Labute approximate surface area is 149 Å². The molecule has 5 nitrogen and oxygen atoms in total. The molecule has 25 heavy (non-hydrogen) atoms. The molecular weight excluding hydrogens is 314 g/mol. The van der Waals surface area contributed by atoms with Crippen LogP contribution in [-0.4, -0.2) is 23.2 Å². The first kappa shape index (κ1) is 20.1. The van der Waals surface area contributed by atoms with E-state index < -0.39 is 0 Å². The second-order valence-electron chi connectivity index (χ2n) is 4.73. The van der Waals surface area contributed by atoms with Crippen molar-refractivity contribution in [1.82, 2.24) is 9.78 Å². The van der Waals surface area contributed by atoms with Gasteiger partial charge in [0, 0.05) is 11.8 Å². The van der Waals surface area contributed by atoms with Crippen molar-refractivity contribution >= 4 is 6.41 Å². The van der Waals surface area contributed by atoms with Gasteiger partial charge in [0.15, 0.2) is 0 Å². The standard InChI is InChI=1S/C17H14N2O2.C2H6.CH5N/c1-13-3-2-4-16(11-13)21-15-7-5-14(6-8-15)17-9-10-19(12-20)18-17;2*1-2/h2-12H,1H3;1-2H3;2H2,1H3. The number of nitrogens with zero attached hydrogens (tertiary/aromatic N) is 2. The van der Waals surface area contributed by atoms with Gasteiger partial charge in [0.2, 0.25) is 6.41 Å². The lowest BCUT2D eigenvalue weighted by molar-refractivity contribution is 0.482. The number of ether oxygens (including phenoxy) is 1. The highest BCUT2D eigenvalue weighted by atomic mass is 16.5. The Morgan fingerprint density at radius 3 is 2.24 bits per heavy atom. The van der Waals surface area contributed by atoms with Crippen LogP contribution in [0.1, 0.15) is 19.4 Å². The minimum Gasteiger partial charge on any atom is -0.457 e. The Hall–Kier alpha value is -2.92. The van der Waals surface area contributed by atoms with Crippen molar-refractivity contribution in [3.05, 3.63) is 66.4 Å². The Bertz CT molecular complexity index is 765. The zero-order chi connectivity index (χ0) is 18.7. The summed E-state index contributed by atoms with van der Waals surface area (Å²) >= 11 is 0. The number of carbonyl (C=O) groups is 1. The van der Waals surface area contributed by atoms with Crippen LogP contribution < -0.4 is 10.5 Å². The number of nitrogens with two attached hydrogens (primary N) is 1. The summed E-state index contributed by atoms with van der Waals surface area (Å²) in [5.41, 5.74) is 7.35. The molecule has 0 aliphatic carbocycles. The van der Waals surface area contributed by atoms with Gasteiger partial charge in [-0.2, -0.15) is 5.10 Å². The zero-order valence-electron chi connectivity index (χ0n) is 15.1. The van der Waals surface area contributed by atoms with Gasteiger partial charge in [0.1, 0.15) is 11.5 Å². The van der Waals surface area contributed by atoms with Crippen LogP contribution in [0.3, 0.4) is 0 Å². The quantitative estimate of drug-likeness (QED) is 0.720. The minimum atomic E-state index is 0.665. The SMILES string of the molecule is CC.CN.Cc1cccc(Oc2ccc(-c3ccn(C=O)n3)cc2)c1. The highest BCUT2D eigenvalue weighted by Gasteiger charge is 2.03. The van der Waals surface area contributed by atoms with Gasteiger partial charge in [-0.15, -0.1) is 0 Å². The fourth-order valence-electron chi connectivity index (χ4n) is 2.06. The highest BCUT2D eigenvalue weighted by Crippen LogP contribution is 2.25. The molecule has 0 bridgehead atoms. The van der Waals surface area contributed by atoms with Gasteiger partial charge < -0.3 is 10.5 Å². The third-order valence-corrected chi connectivity index (χ3v) is 3.09. The van der Waals surface area contributed by atoms with E-state index in [4.69, 9.17) is 4.74 Å². The predicted octanol–water partition coefficient (Wildman–Crippen LogP) is 4.29. The fourth-order valence-corrected chi connectivity index (χ4v) is 2.06. The smallest absolute Gasteiger partial charge is 0.234 e. The second-order valence-corrected chi connectivity index (χ2v) is 4.73. The molecule has 0 spiro atoms. The van der Waals surface area contributed by atoms with Crippen molar-refractivity contribution in [3.63, 3.8) is 0 Å². The average Bonchev–Trinajstić information content (AvgIpc) is 3.15. The molecule has 0 saturated carbocycles. The molecule has 2 aromatic carbocycles. The summed E-state index contributed by atoms with van der Waals surface area (Å²) < 4.78 is 7.04. The molecule has 0 amide bonds. The van der Waals surface area contributed by atoms with E-state index in [1.54, 1.807) is 12.3 Å². The number of hydrogen-bond donors (Lipinski definition) is 1. The van der Waals surface area contributed by atoms with E-state index in [1.165, 1.54) is 11.7 Å². The van der Waals surface area contributed by atoms with Crippen LogP contribution in [0, 0.1) is 6.92 Å². The van der Waals surface area contributed by atoms with Gasteiger partial charge >= 0.3 is 0 Å². The number of rotatable bonds is 4. The average molecular weight is 339 g/mol. The molecule has 0 aliphatic rings. The number of carbonyl (C=O) groups excluding carboxylic acids is 1. The van der Waals surface area contributed by atoms with E-state index in [2.05, 4.69) is 10.8 Å². The van der Waals surface area contributed by atoms with Gasteiger partial charge in [-0.1, -0.05) is 26.0 Å². The first-order chi connectivity index (χ1) is 12.2. The summed E-state index contributed by atoms with van der Waals surface area (Å²) in [5, 5.41) is 4.13. The summed E-state index contributed by atoms with van der Waals surface area (Å²) in [7, 11) is 1.50. The van der Waals surface area contributed by atoms with Crippen molar-refractivity contribution in [2.45, 2.75) is 20.8 Å². The van der Waals surface area contributed by atoms with Crippen molar-refractivity contribution in [1.29, 1.82) is 0 Å². The number of hydrogen-bond acceptors (Lipinski definition) is 4. The molecule has 3 rings (SSSR count). The van der Waals surface area contributed by atoms with Crippen LogP contribution in [0.15, 0.2) is 60.8 Å². The van der Waals surface area contributed by atoms with E-state index in [0.29, 0.717) is 6.41 Å². The largest absolute Gasteiger partial charge is 0.457 e. The minimum absolute atomic E-state index is 0.665. The molecule has 0 saturated heterocycles. The maximum Gasteiger partial charge on any atom is 0.234 e. The molecule has 0 unspecified atom stereocenters. The summed E-state index contributed by atoms with van der Waals surface area (Å²) in [6, 6.07) is 17.3. The maximum atomic E-state index is 10.6. The van der Waals surface area contributed by atoms with Crippen LogP contribution in [-0.2, 0) is 4.79 Å². The van der Waals surface area contributed by atoms with Gasteiger partial charge in [-0.25, -0.2) is 4.68 Å². The lowest BCUT2D eigenvalue weighted by atomic mass is 10.1. The summed E-state index contributed by atoms with van der Waals surface area (Å²) in [6.07, 6.45) is 2.29. The summed E-state index contributed by atoms with van der Waals surface area (Å²) in [4.78, 5) is 10.6. The fraction of sp³-hybridized carbons (Fsp3) is 0.200. The lowest BCUT2D eigenvalue weighted by Gasteiger charge is -2.06. The molecule has 132 valence electrons. The third kappa shape index (κ3) is 5.90. The van der Waals surface area contributed by atoms with E-state index in [1.807, 2.05) is 69.3 Å². The van der Waals surface area contributed by atoms with Crippen molar-refractivity contribution in [2.24, 2.45) is 5.73 Å². The van der Waals surface area contributed by atoms with E-state index in [0.717, 1.165) is 28.3 Å². The zero-order valence-corrected chi connectivity index (χ0v) is 15.1. The third-order valence-electron chi connectivity index (χ3n) is 3.09. The molecule has 1 aromatic heterocycles.